The summed E-state index contributed by atoms with van der Waals surface area (Å²) in [6.07, 6.45) is 6.15. The number of nitrogens with zero attached hydrogens (tertiary/aromatic N) is 3. The fraction of sp³-hybridized carbons (Fsp3) is 0.800. The molecule has 3 amide bonds. The third kappa shape index (κ3) is 3.35. The number of carbonyl (C=O) groups excluding carboxylic acids is 2. The summed E-state index contributed by atoms with van der Waals surface area (Å²) in [5.74, 6) is -0.0789. The highest BCUT2D eigenvalue weighted by molar-refractivity contribution is 6.07. The molecule has 6 heteroatoms. The molecule has 2 fully saturated rings. The molecule has 116 valence electrons. The number of nitriles is 1. The van der Waals surface area contributed by atoms with Crippen LogP contribution in [0.5, 0.6) is 0 Å². The van der Waals surface area contributed by atoms with Gasteiger partial charge in [-0.1, -0.05) is 32.6 Å². The van der Waals surface area contributed by atoms with Crippen LogP contribution < -0.4 is 5.32 Å². The Morgan fingerprint density at radius 2 is 1.95 bits per heavy atom. The predicted octanol–water partition coefficient (Wildman–Crippen LogP) is 1.82. The molecular formula is C15H24N4O2. The molecule has 0 aromatic rings. The van der Waals surface area contributed by atoms with Gasteiger partial charge in [0.05, 0.1) is 12.7 Å². The lowest BCUT2D eigenvalue weighted by molar-refractivity contribution is -0.133. The van der Waals surface area contributed by atoms with Crippen LogP contribution in [0.3, 0.4) is 0 Å². The highest BCUT2D eigenvalue weighted by Crippen LogP contribution is 2.32. The topological polar surface area (TPSA) is 76.4 Å². The molecule has 0 bridgehead atoms. The van der Waals surface area contributed by atoms with Crippen molar-refractivity contribution in [3.63, 3.8) is 0 Å². The summed E-state index contributed by atoms with van der Waals surface area (Å²) in [5, 5.41) is 11.6. The van der Waals surface area contributed by atoms with Gasteiger partial charge in [0.25, 0.3) is 5.91 Å². The van der Waals surface area contributed by atoms with E-state index < -0.39 is 5.54 Å². The number of rotatable bonds is 5. The quantitative estimate of drug-likeness (QED) is 0.784. The second-order valence-corrected chi connectivity index (χ2v) is 5.92. The van der Waals surface area contributed by atoms with Crippen LogP contribution >= 0.6 is 0 Å². The van der Waals surface area contributed by atoms with Gasteiger partial charge in [-0.25, -0.2) is 9.69 Å². The number of urea groups is 1. The van der Waals surface area contributed by atoms with Gasteiger partial charge >= 0.3 is 6.03 Å². The summed E-state index contributed by atoms with van der Waals surface area (Å²) in [7, 11) is 0. The lowest BCUT2D eigenvalue weighted by Crippen LogP contribution is -2.47. The highest BCUT2D eigenvalue weighted by atomic mass is 16.2. The molecule has 1 spiro atoms. The van der Waals surface area contributed by atoms with Gasteiger partial charge in [0.15, 0.2) is 0 Å². The summed E-state index contributed by atoms with van der Waals surface area (Å²) in [6, 6.07) is 1.82. The van der Waals surface area contributed by atoms with Crippen molar-refractivity contribution in [1.82, 2.24) is 15.1 Å². The van der Waals surface area contributed by atoms with Gasteiger partial charge in [0, 0.05) is 13.0 Å². The Morgan fingerprint density at radius 3 is 2.52 bits per heavy atom. The van der Waals surface area contributed by atoms with E-state index in [1.165, 1.54) is 4.90 Å². The van der Waals surface area contributed by atoms with Gasteiger partial charge < -0.3 is 5.32 Å². The number of nitrogens with one attached hydrogen (secondary N) is 1. The minimum absolute atomic E-state index is 0.0789. The Bertz CT molecular complexity index is 435. The number of hydrogen-bond donors (Lipinski definition) is 1. The molecule has 1 heterocycles. The van der Waals surface area contributed by atoms with Crippen LogP contribution in [0, 0.1) is 11.3 Å². The first kappa shape index (κ1) is 15.8. The number of amides is 3. The molecule has 21 heavy (non-hydrogen) atoms. The summed E-state index contributed by atoms with van der Waals surface area (Å²) in [6.45, 7) is 3.55. The van der Waals surface area contributed by atoms with E-state index in [9.17, 15) is 9.59 Å². The Labute approximate surface area is 126 Å². The lowest BCUT2D eigenvalue weighted by Gasteiger charge is -2.27. The molecule has 0 aromatic heterocycles. The molecule has 1 saturated heterocycles. The monoisotopic (exact) mass is 292 g/mol. The lowest BCUT2D eigenvalue weighted by atomic mass is 9.90. The van der Waals surface area contributed by atoms with Crippen LogP contribution in [0.15, 0.2) is 0 Å². The smallest absolute Gasteiger partial charge is 0.323 e. The third-order valence-electron chi connectivity index (χ3n) is 4.53. The molecule has 2 aliphatic rings. The Balaban J connectivity index is 2.05. The van der Waals surface area contributed by atoms with Gasteiger partial charge in [0.2, 0.25) is 0 Å². The molecule has 6 nitrogen and oxygen atoms in total. The summed E-state index contributed by atoms with van der Waals surface area (Å²) in [4.78, 5) is 28.2. The maximum Gasteiger partial charge on any atom is 0.326 e. The molecular weight excluding hydrogens is 268 g/mol. The standard InChI is InChI=1S/C15H24N4O2/c1-2-18(11-7-10-16)12-19-13(20)15(17-14(19)21)8-5-3-4-6-9-15/h2-9,11-12H2,1H3,(H,17,21). The molecule has 2 rings (SSSR count). The van der Waals surface area contributed by atoms with E-state index in [-0.39, 0.29) is 18.6 Å². The maximum absolute atomic E-state index is 12.7. The van der Waals surface area contributed by atoms with Crippen molar-refractivity contribution in [2.45, 2.75) is 57.4 Å². The molecule has 1 N–H and O–H groups in total. The van der Waals surface area contributed by atoms with Gasteiger partial charge in [-0.3, -0.25) is 9.69 Å². The normalized spacial score (nSPS) is 21.5. The van der Waals surface area contributed by atoms with Crippen LogP contribution in [-0.4, -0.2) is 47.0 Å². The Morgan fingerprint density at radius 1 is 1.29 bits per heavy atom. The van der Waals surface area contributed by atoms with Gasteiger partial charge in [0.1, 0.15) is 5.54 Å². The van der Waals surface area contributed by atoms with Crippen LogP contribution in [0.4, 0.5) is 4.79 Å². The number of imide groups is 1. The Hall–Kier alpha value is -1.61. The van der Waals surface area contributed by atoms with E-state index >= 15 is 0 Å². The molecule has 1 aliphatic heterocycles. The highest BCUT2D eigenvalue weighted by Gasteiger charge is 2.50. The van der Waals surface area contributed by atoms with Crippen LogP contribution in [0.2, 0.25) is 0 Å². The van der Waals surface area contributed by atoms with E-state index in [1.807, 2.05) is 11.8 Å². The molecule has 1 saturated carbocycles. The van der Waals surface area contributed by atoms with Crippen molar-refractivity contribution in [2.24, 2.45) is 0 Å². The van der Waals surface area contributed by atoms with Crippen molar-refractivity contribution in [3.05, 3.63) is 0 Å². The minimum atomic E-state index is -0.664. The summed E-state index contributed by atoms with van der Waals surface area (Å²) >= 11 is 0. The largest absolute Gasteiger partial charge is 0.326 e. The zero-order valence-electron chi connectivity index (χ0n) is 12.7. The van der Waals surface area contributed by atoms with Crippen LogP contribution in [0.25, 0.3) is 0 Å². The molecule has 0 aromatic carbocycles. The van der Waals surface area contributed by atoms with E-state index in [0.29, 0.717) is 19.5 Å². The zero-order valence-corrected chi connectivity index (χ0v) is 12.7. The van der Waals surface area contributed by atoms with E-state index in [1.54, 1.807) is 0 Å². The first-order chi connectivity index (χ1) is 10.1. The first-order valence-electron chi connectivity index (χ1n) is 7.86. The maximum atomic E-state index is 12.7. The van der Waals surface area contributed by atoms with E-state index in [2.05, 4.69) is 11.4 Å². The van der Waals surface area contributed by atoms with E-state index in [4.69, 9.17) is 5.26 Å². The van der Waals surface area contributed by atoms with Crippen molar-refractivity contribution in [1.29, 1.82) is 5.26 Å². The molecule has 1 aliphatic carbocycles. The average molecular weight is 292 g/mol. The van der Waals surface area contributed by atoms with Crippen molar-refractivity contribution in [2.75, 3.05) is 19.8 Å². The minimum Gasteiger partial charge on any atom is -0.323 e. The fourth-order valence-corrected chi connectivity index (χ4v) is 3.21. The molecule has 0 unspecified atom stereocenters. The number of carbonyl (C=O) groups is 2. The summed E-state index contributed by atoms with van der Waals surface area (Å²) < 4.78 is 0. The van der Waals surface area contributed by atoms with E-state index in [0.717, 1.165) is 38.5 Å². The fourth-order valence-electron chi connectivity index (χ4n) is 3.21. The average Bonchev–Trinajstić information content (AvgIpc) is 2.66. The van der Waals surface area contributed by atoms with Gasteiger partial charge in [-0.2, -0.15) is 5.26 Å². The van der Waals surface area contributed by atoms with Crippen molar-refractivity contribution < 1.29 is 9.59 Å². The Kier molecular flexibility index (Phi) is 5.18. The SMILES string of the molecule is CCN(CCC#N)CN1C(=O)NC2(CCCCCC2)C1=O. The number of hydrogen-bond acceptors (Lipinski definition) is 4. The molecule has 0 radical (unpaired) electrons. The third-order valence-corrected chi connectivity index (χ3v) is 4.53. The van der Waals surface area contributed by atoms with Crippen LogP contribution in [-0.2, 0) is 4.79 Å². The summed E-state index contributed by atoms with van der Waals surface area (Å²) in [5.41, 5.74) is -0.664. The first-order valence-corrected chi connectivity index (χ1v) is 7.86. The van der Waals surface area contributed by atoms with Crippen molar-refractivity contribution in [3.8, 4) is 6.07 Å². The molecule has 0 atom stereocenters. The van der Waals surface area contributed by atoms with Crippen LogP contribution in [0.1, 0.15) is 51.9 Å². The second kappa shape index (κ2) is 6.90. The predicted molar refractivity (Wildman–Crippen MR) is 78.2 cm³/mol. The second-order valence-electron chi connectivity index (χ2n) is 5.92. The van der Waals surface area contributed by atoms with Crippen molar-refractivity contribution >= 4 is 11.9 Å². The van der Waals surface area contributed by atoms with Gasteiger partial charge in [-0.15, -0.1) is 0 Å². The zero-order chi connectivity index (χ0) is 15.3. The van der Waals surface area contributed by atoms with Gasteiger partial charge in [-0.05, 0) is 19.4 Å².